The molecule has 2 aromatic carbocycles. The summed E-state index contributed by atoms with van der Waals surface area (Å²) in [5.74, 6) is 0.627. The van der Waals surface area contributed by atoms with Gasteiger partial charge in [0.05, 0.1) is 0 Å². The van der Waals surface area contributed by atoms with Gasteiger partial charge in [-0.1, -0.05) is 47.5 Å². The van der Waals surface area contributed by atoms with Crippen molar-refractivity contribution in [2.45, 2.75) is 20.2 Å². The molecule has 1 saturated heterocycles. The summed E-state index contributed by atoms with van der Waals surface area (Å²) in [7, 11) is 0. The molecule has 1 aliphatic rings. The first-order valence-corrected chi connectivity index (χ1v) is 10.4. The van der Waals surface area contributed by atoms with Gasteiger partial charge in [0.25, 0.3) is 5.91 Å². The molecule has 0 atom stereocenters. The number of ether oxygens (including phenoxy) is 1. The highest BCUT2D eigenvalue weighted by Gasteiger charge is 2.23. The summed E-state index contributed by atoms with van der Waals surface area (Å²) in [5, 5.41) is 4.99. The smallest absolute Gasteiger partial charge is 0.274 e. The average molecular weight is 425 g/mol. The molecule has 156 valence electrons. The maximum absolute atomic E-state index is 12.8. The Morgan fingerprint density at radius 1 is 1.07 bits per heavy atom. The van der Waals surface area contributed by atoms with Gasteiger partial charge in [-0.3, -0.25) is 9.69 Å². The predicted molar refractivity (Wildman–Crippen MR) is 117 cm³/mol. The van der Waals surface area contributed by atoms with Crippen LogP contribution < -0.4 is 4.74 Å². The number of piperazine rings is 1. The zero-order chi connectivity index (χ0) is 20.9. The number of aryl methyl sites for hydroxylation is 1. The topological polar surface area (TPSA) is 50.6 Å². The summed E-state index contributed by atoms with van der Waals surface area (Å²) in [6.07, 6.45) is 1.76. The van der Waals surface area contributed by atoms with Crippen LogP contribution in [0, 0.1) is 6.92 Å². The maximum atomic E-state index is 12.8. The highest BCUT2D eigenvalue weighted by molar-refractivity contribution is 6.30. The number of rotatable bonds is 6. The van der Waals surface area contributed by atoms with Gasteiger partial charge >= 0.3 is 0 Å². The number of carbonyl (C=O) groups excluding carboxylic acids is 1. The number of hydrogen-bond donors (Lipinski definition) is 0. The van der Waals surface area contributed by atoms with Crippen molar-refractivity contribution in [1.29, 1.82) is 0 Å². The Hall–Kier alpha value is -2.83. The van der Waals surface area contributed by atoms with Crippen LogP contribution in [0.3, 0.4) is 0 Å². The Morgan fingerprint density at radius 2 is 1.87 bits per heavy atom. The normalized spacial score (nSPS) is 14.7. The summed E-state index contributed by atoms with van der Waals surface area (Å²) < 4.78 is 7.29. The van der Waals surface area contributed by atoms with E-state index < -0.39 is 0 Å². The highest BCUT2D eigenvalue weighted by atomic mass is 35.5. The molecule has 1 aliphatic heterocycles. The fourth-order valence-electron chi connectivity index (χ4n) is 3.58. The van der Waals surface area contributed by atoms with E-state index in [9.17, 15) is 4.79 Å². The van der Waals surface area contributed by atoms with E-state index in [1.54, 1.807) is 29.1 Å². The predicted octanol–water partition coefficient (Wildman–Crippen LogP) is 3.84. The van der Waals surface area contributed by atoms with Crippen molar-refractivity contribution in [1.82, 2.24) is 19.6 Å². The minimum Gasteiger partial charge on any atom is -0.471 e. The molecule has 1 fully saturated rings. The zero-order valence-corrected chi connectivity index (χ0v) is 17.8. The van der Waals surface area contributed by atoms with Crippen molar-refractivity contribution in [3.8, 4) is 5.75 Å². The van der Waals surface area contributed by atoms with Gasteiger partial charge in [-0.15, -0.1) is 0 Å². The van der Waals surface area contributed by atoms with Crippen LogP contribution in [0.5, 0.6) is 5.75 Å². The molecule has 0 unspecified atom stereocenters. The molecule has 2 heterocycles. The van der Waals surface area contributed by atoms with E-state index in [2.05, 4.69) is 41.2 Å². The molecule has 1 amide bonds. The Kier molecular flexibility index (Phi) is 6.35. The van der Waals surface area contributed by atoms with Gasteiger partial charge in [0.1, 0.15) is 5.75 Å². The second-order valence-electron chi connectivity index (χ2n) is 7.53. The highest BCUT2D eigenvalue weighted by Crippen LogP contribution is 2.17. The van der Waals surface area contributed by atoms with Gasteiger partial charge in [-0.2, -0.15) is 5.10 Å². The standard InChI is InChI=1S/C23H25ClN4O2/c1-18-4-2-5-19(14-18)16-26-10-12-27(13-11-26)23(29)22-8-9-28(25-22)17-30-21-7-3-6-20(24)15-21/h2-9,14-15H,10-13,16-17H2,1H3. The number of carbonyl (C=O) groups is 1. The van der Waals surface area contributed by atoms with E-state index >= 15 is 0 Å². The summed E-state index contributed by atoms with van der Waals surface area (Å²) in [6, 6.07) is 17.5. The van der Waals surface area contributed by atoms with Crippen LogP contribution in [0.15, 0.2) is 60.8 Å². The molecular formula is C23H25ClN4O2. The lowest BCUT2D eigenvalue weighted by Gasteiger charge is -2.34. The Labute approximate surface area is 181 Å². The van der Waals surface area contributed by atoms with Gasteiger partial charge in [0.2, 0.25) is 0 Å². The van der Waals surface area contributed by atoms with E-state index in [4.69, 9.17) is 16.3 Å². The van der Waals surface area contributed by atoms with Gasteiger partial charge in [-0.05, 0) is 36.8 Å². The van der Waals surface area contributed by atoms with Gasteiger partial charge in [-0.25, -0.2) is 4.68 Å². The van der Waals surface area contributed by atoms with Crippen molar-refractivity contribution < 1.29 is 9.53 Å². The lowest BCUT2D eigenvalue weighted by molar-refractivity contribution is 0.0621. The SMILES string of the molecule is Cc1cccc(CN2CCN(C(=O)c3ccn(COc4cccc(Cl)c4)n3)CC2)c1. The molecule has 0 N–H and O–H groups in total. The zero-order valence-electron chi connectivity index (χ0n) is 17.0. The van der Waals surface area contributed by atoms with Crippen LogP contribution in [0.4, 0.5) is 0 Å². The van der Waals surface area contributed by atoms with Crippen LogP contribution in [-0.2, 0) is 13.3 Å². The van der Waals surface area contributed by atoms with E-state index in [-0.39, 0.29) is 12.6 Å². The molecule has 6 nitrogen and oxygen atoms in total. The number of nitrogens with zero attached hydrogens (tertiary/aromatic N) is 4. The van der Waals surface area contributed by atoms with Gasteiger partial charge in [0.15, 0.2) is 12.4 Å². The van der Waals surface area contributed by atoms with Crippen molar-refractivity contribution in [2.24, 2.45) is 0 Å². The second-order valence-corrected chi connectivity index (χ2v) is 7.97. The lowest BCUT2D eigenvalue weighted by Crippen LogP contribution is -2.48. The molecule has 30 heavy (non-hydrogen) atoms. The molecule has 0 saturated carbocycles. The number of hydrogen-bond acceptors (Lipinski definition) is 4. The number of halogens is 1. The fourth-order valence-corrected chi connectivity index (χ4v) is 3.77. The molecule has 1 aromatic heterocycles. The second kappa shape index (κ2) is 9.32. The average Bonchev–Trinajstić information content (AvgIpc) is 3.22. The first-order chi connectivity index (χ1) is 14.6. The number of amides is 1. The first kappa shape index (κ1) is 20.4. The van der Waals surface area contributed by atoms with Crippen molar-refractivity contribution in [2.75, 3.05) is 26.2 Å². The molecule has 0 radical (unpaired) electrons. The molecule has 7 heteroatoms. The monoisotopic (exact) mass is 424 g/mol. The van der Waals surface area contributed by atoms with E-state index in [1.165, 1.54) is 11.1 Å². The number of aromatic nitrogens is 2. The Balaban J connectivity index is 1.28. The molecule has 0 spiro atoms. The van der Waals surface area contributed by atoms with Crippen LogP contribution >= 0.6 is 11.6 Å². The Morgan fingerprint density at radius 3 is 2.63 bits per heavy atom. The molecule has 0 bridgehead atoms. The van der Waals surface area contributed by atoms with Gasteiger partial charge in [0, 0.05) is 43.9 Å². The molecule has 3 aromatic rings. The summed E-state index contributed by atoms with van der Waals surface area (Å²) in [6.45, 7) is 6.37. The van der Waals surface area contributed by atoms with Crippen molar-refractivity contribution in [3.63, 3.8) is 0 Å². The number of benzene rings is 2. The Bertz CT molecular complexity index is 1010. The van der Waals surface area contributed by atoms with Crippen LogP contribution in [0.2, 0.25) is 5.02 Å². The summed E-state index contributed by atoms with van der Waals surface area (Å²) in [5.41, 5.74) is 3.03. The van der Waals surface area contributed by atoms with Crippen molar-refractivity contribution in [3.05, 3.63) is 82.6 Å². The van der Waals surface area contributed by atoms with Crippen LogP contribution in [0.25, 0.3) is 0 Å². The largest absolute Gasteiger partial charge is 0.471 e. The van der Waals surface area contributed by atoms with Crippen LogP contribution in [-0.4, -0.2) is 51.7 Å². The summed E-state index contributed by atoms with van der Waals surface area (Å²) in [4.78, 5) is 17.1. The van der Waals surface area contributed by atoms with E-state index in [0.29, 0.717) is 29.6 Å². The molecule has 4 rings (SSSR count). The third kappa shape index (κ3) is 5.20. The van der Waals surface area contributed by atoms with Crippen molar-refractivity contribution >= 4 is 17.5 Å². The first-order valence-electron chi connectivity index (χ1n) is 10.1. The lowest BCUT2D eigenvalue weighted by atomic mass is 10.1. The van der Waals surface area contributed by atoms with E-state index in [0.717, 1.165) is 19.6 Å². The third-order valence-corrected chi connectivity index (χ3v) is 5.40. The van der Waals surface area contributed by atoms with Crippen LogP contribution in [0.1, 0.15) is 21.6 Å². The molecular weight excluding hydrogens is 400 g/mol. The minimum absolute atomic E-state index is 0.0355. The van der Waals surface area contributed by atoms with Gasteiger partial charge < -0.3 is 9.64 Å². The maximum Gasteiger partial charge on any atom is 0.274 e. The third-order valence-electron chi connectivity index (χ3n) is 5.17. The summed E-state index contributed by atoms with van der Waals surface area (Å²) >= 11 is 5.96. The quantitative estimate of drug-likeness (QED) is 0.603. The molecule has 0 aliphatic carbocycles. The minimum atomic E-state index is -0.0355. The van der Waals surface area contributed by atoms with E-state index in [1.807, 2.05) is 17.0 Å². The fraction of sp³-hybridized carbons (Fsp3) is 0.304.